The summed E-state index contributed by atoms with van der Waals surface area (Å²) in [5.74, 6) is -0.273. The molecule has 0 spiro atoms. The summed E-state index contributed by atoms with van der Waals surface area (Å²) >= 11 is 0. The third kappa shape index (κ3) is 4.44. The van der Waals surface area contributed by atoms with Crippen molar-refractivity contribution in [1.82, 2.24) is 14.9 Å². The predicted octanol–water partition coefficient (Wildman–Crippen LogP) is 2.28. The first kappa shape index (κ1) is 20.4. The van der Waals surface area contributed by atoms with Crippen molar-refractivity contribution in [1.29, 1.82) is 0 Å². The summed E-state index contributed by atoms with van der Waals surface area (Å²) in [6, 6.07) is 0. The van der Waals surface area contributed by atoms with Gasteiger partial charge in [-0.3, -0.25) is 19.1 Å². The Morgan fingerprint density at radius 2 is 1.88 bits per heavy atom. The van der Waals surface area contributed by atoms with E-state index in [1.54, 1.807) is 0 Å². The van der Waals surface area contributed by atoms with E-state index < -0.39 is 23.4 Å². The number of amides is 1. The van der Waals surface area contributed by atoms with Crippen LogP contribution < -0.4 is 16.6 Å². The number of rotatable bonds is 3. The van der Waals surface area contributed by atoms with Crippen LogP contribution in [0.25, 0.3) is 0 Å². The molecular formula is C19H31N3O4. The van der Waals surface area contributed by atoms with E-state index in [0.717, 1.165) is 6.42 Å². The summed E-state index contributed by atoms with van der Waals surface area (Å²) in [7, 11) is 1.44. The molecular weight excluding hydrogens is 334 g/mol. The second kappa shape index (κ2) is 7.02. The molecule has 1 unspecified atom stereocenters. The number of hydrogen-bond acceptors (Lipinski definition) is 4. The van der Waals surface area contributed by atoms with Crippen LogP contribution in [0.5, 0.6) is 0 Å². The maximum Gasteiger partial charge on any atom is 0.330 e. The second-order valence-corrected chi connectivity index (χ2v) is 9.39. The van der Waals surface area contributed by atoms with Gasteiger partial charge in [-0.25, -0.2) is 4.79 Å². The monoisotopic (exact) mass is 365 g/mol. The molecule has 7 nitrogen and oxygen atoms in total. The summed E-state index contributed by atoms with van der Waals surface area (Å²) in [5.41, 5.74) is -1.24. The highest BCUT2D eigenvalue weighted by molar-refractivity contribution is 5.93. The molecule has 0 radical (unpaired) electrons. The maximum absolute atomic E-state index is 12.3. The van der Waals surface area contributed by atoms with Crippen LogP contribution in [0.1, 0.15) is 71.0 Å². The molecule has 0 aromatic carbocycles. The van der Waals surface area contributed by atoms with E-state index in [-0.39, 0.29) is 28.4 Å². The summed E-state index contributed by atoms with van der Waals surface area (Å²) in [6.45, 7) is 13.0. The first-order chi connectivity index (χ1) is 11.8. The molecule has 0 saturated carbocycles. The number of aromatic nitrogens is 2. The molecule has 1 aromatic rings. The van der Waals surface area contributed by atoms with Gasteiger partial charge in [0.1, 0.15) is 11.8 Å². The maximum atomic E-state index is 12.3. The number of H-pyrrole nitrogens is 1. The van der Waals surface area contributed by atoms with Crippen molar-refractivity contribution in [2.45, 2.75) is 66.7 Å². The molecule has 2 N–H and O–H groups in total. The standard InChI is InChI=1S/C19H31N3O4/c1-18(2,3)9-13-12(19(4,5)6)8-14(26-13)22-10-11(15(23)20-7)16(24)21-17(22)25/h10,12-14H,8-9H2,1-7H3,(H,20,23)(H,21,24,25)/t12?,13-,14-/m1/s1. The first-order valence-corrected chi connectivity index (χ1v) is 9.06. The van der Waals surface area contributed by atoms with Crippen molar-refractivity contribution >= 4 is 5.91 Å². The number of ether oxygens (including phenoxy) is 1. The number of nitrogens with zero attached hydrogens (tertiary/aromatic N) is 1. The Morgan fingerprint density at radius 1 is 1.27 bits per heavy atom. The smallest absolute Gasteiger partial charge is 0.330 e. The van der Waals surface area contributed by atoms with Gasteiger partial charge >= 0.3 is 5.69 Å². The summed E-state index contributed by atoms with van der Waals surface area (Å²) in [6.07, 6.45) is 2.33. The van der Waals surface area contributed by atoms with E-state index in [4.69, 9.17) is 4.74 Å². The van der Waals surface area contributed by atoms with Crippen molar-refractivity contribution in [2.75, 3.05) is 7.05 Å². The van der Waals surface area contributed by atoms with E-state index in [1.807, 2.05) is 0 Å². The van der Waals surface area contributed by atoms with Crippen LogP contribution in [0.4, 0.5) is 0 Å². The lowest BCUT2D eigenvalue weighted by Crippen LogP contribution is -2.37. The minimum absolute atomic E-state index is 0.00211. The van der Waals surface area contributed by atoms with Crippen molar-refractivity contribution in [3.05, 3.63) is 32.6 Å². The Bertz CT molecular complexity index is 780. The highest BCUT2D eigenvalue weighted by Crippen LogP contribution is 2.46. The van der Waals surface area contributed by atoms with Crippen molar-refractivity contribution < 1.29 is 9.53 Å². The summed E-state index contributed by atoms with van der Waals surface area (Å²) in [5, 5.41) is 2.42. The van der Waals surface area contributed by atoms with Gasteiger partial charge in [-0.05, 0) is 29.6 Å². The first-order valence-electron chi connectivity index (χ1n) is 9.06. The zero-order valence-electron chi connectivity index (χ0n) is 16.8. The van der Waals surface area contributed by atoms with Gasteiger partial charge in [0, 0.05) is 13.2 Å². The fraction of sp³-hybridized carbons (Fsp3) is 0.737. The molecule has 1 saturated heterocycles. The lowest BCUT2D eigenvalue weighted by atomic mass is 9.73. The van der Waals surface area contributed by atoms with Crippen LogP contribution in [-0.2, 0) is 4.74 Å². The van der Waals surface area contributed by atoms with E-state index >= 15 is 0 Å². The van der Waals surface area contributed by atoms with E-state index in [0.29, 0.717) is 6.42 Å². The molecule has 7 heteroatoms. The molecule has 2 heterocycles. The molecule has 26 heavy (non-hydrogen) atoms. The third-order valence-electron chi connectivity index (χ3n) is 4.91. The van der Waals surface area contributed by atoms with Gasteiger partial charge in [-0.2, -0.15) is 0 Å². The molecule has 3 atom stereocenters. The average molecular weight is 365 g/mol. The van der Waals surface area contributed by atoms with Crippen LogP contribution in [0, 0.1) is 16.7 Å². The molecule has 1 aromatic heterocycles. The van der Waals surface area contributed by atoms with Gasteiger partial charge in [0.2, 0.25) is 0 Å². The Balaban J connectivity index is 2.42. The van der Waals surface area contributed by atoms with E-state index in [2.05, 4.69) is 51.8 Å². The van der Waals surface area contributed by atoms with Crippen LogP contribution in [0.15, 0.2) is 15.8 Å². The molecule has 1 amide bonds. The third-order valence-corrected chi connectivity index (χ3v) is 4.91. The van der Waals surface area contributed by atoms with Gasteiger partial charge in [0.15, 0.2) is 0 Å². The second-order valence-electron chi connectivity index (χ2n) is 9.39. The molecule has 1 aliphatic rings. The average Bonchev–Trinajstić information content (AvgIpc) is 2.88. The molecule has 1 fully saturated rings. The molecule has 1 aliphatic heterocycles. The SMILES string of the molecule is CNC(=O)c1cn([C@H]2CC(C(C)(C)C)[C@@H](CC(C)(C)C)O2)c(=O)[nH]c1=O. The number of hydrogen-bond donors (Lipinski definition) is 2. The van der Waals surface area contributed by atoms with Gasteiger partial charge in [-0.15, -0.1) is 0 Å². The van der Waals surface area contributed by atoms with Crippen LogP contribution >= 0.6 is 0 Å². The molecule has 0 bridgehead atoms. The van der Waals surface area contributed by atoms with Crippen molar-refractivity contribution in [3.8, 4) is 0 Å². The normalized spacial score (nSPS) is 23.9. The fourth-order valence-corrected chi connectivity index (χ4v) is 3.60. The van der Waals surface area contributed by atoms with Gasteiger partial charge in [0.25, 0.3) is 11.5 Å². The highest BCUT2D eigenvalue weighted by Gasteiger charge is 2.44. The highest BCUT2D eigenvalue weighted by atomic mass is 16.5. The van der Waals surface area contributed by atoms with Gasteiger partial charge in [-0.1, -0.05) is 41.5 Å². The van der Waals surface area contributed by atoms with E-state index in [1.165, 1.54) is 17.8 Å². The van der Waals surface area contributed by atoms with Crippen LogP contribution in [-0.4, -0.2) is 28.6 Å². The zero-order valence-corrected chi connectivity index (χ0v) is 16.8. The number of carbonyl (C=O) groups is 1. The molecule has 0 aliphatic carbocycles. The quantitative estimate of drug-likeness (QED) is 0.859. The molecule has 146 valence electrons. The van der Waals surface area contributed by atoms with Crippen LogP contribution in [0.2, 0.25) is 0 Å². The predicted molar refractivity (Wildman–Crippen MR) is 100 cm³/mol. The number of nitrogens with one attached hydrogen (secondary N) is 2. The Labute approximate surface area is 154 Å². The van der Waals surface area contributed by atoms with Crippen LogP contribution in [0.3, 0.4) is 0 Å². The summed E-state index contributed by atoms with van der Waals surface area (Å²) in [4.78, 5) is 38.4. The van der Waals surface area contributed by atoms with Gasteiger partial charge in [0.05, 0.1) is 6.10 Å². The van der Waals surface area contributed by atoms with Crippen molar-refractivity contribution in [3.63, 3.8) is 0 Å². The number of aromatic amines is 1. The lowest BCUT2D eigenvalue weighted by molar-refractivity contribution is -0.0342. The topological polar surface area (TPSA) is 93.2 Å². The lowest BCUT2D eigenvalue weighted by Gasteiger charge is -2.33. The van der Waals surface area contributed by atoms with E-state index in [9.17, 15) is 14.4 Å². The minimum atomic E-state index is -0.692. The van der Waals surface area contributed by atoms with Gasteiger partial charge < -0.3 is 10.1 Å². The zero-order chi connectivity index (χ0) is 19.9. The molecule has 2 rings (SSSR count). The Morgan fingerprint density at radius 3 is 2.38 bits per heavy atom. The minimum Gasteiger partial charge on any atom is -0.355 e. The Hall–Kier alpha value is -1.89. The summed E-state index contributed by atoms with van der Waals surface area (Å²) < 4.78 is 7.60. The largest absolute Gasteiger partial charge is 0.355 e. The number of carbonyl (C=O) groups excluding carboxylic acids is 1. The fourth-order valence-electron chi connectivity index (χ4n) is 3.60. The van der Waals surface area contributed by atoms with Crippen molar-refractivity contribution in [2.24, 2.45) is 16.7 Å². The Kier molecular flexibility index (Phi) is 5.52.